The number of hydrogen-bond acceptors (Lipinski definition) is 5. The first-order chi connectivity index (χ1) is 13.8. The van der Waals surface area contributed by atoms with Crippen molar-refractivity contribution in [1.82, 2.24) is 9.80 Å². The molecular weight excluding hydrogens is 396 g/mol. The van der Waals surface area contributed by atoms with Gasteiger partial charge < -0.3 is 9.64 Å². The van der Waals surface area contributed by atoms with Crippen LogP contribution in [0.2, 0.25) is 5.02 Å². The van der Waals surface area contributed by atoms with Gasteiger partial charge in [-0.05, 0) is 36.8 Å². The second-order valence-corrected chi connectivity index (χ2v) is 7.13. The number of benzene rings is 2. The smallest absolute Gasteiger partial charge is 0.329 e. The van der Waals surface area contributed by atoms with E-state index in [0.717, 1.165) is 10.5 Å². The average molecular weight is 415 g/mol. The predicted molar refractivity (Wildman–Crippen MR) is 105 cm³/mol. The number of carbonyl (C=O) groups is 4. The highest BCUT2D eigenvalue weighted by Gasteiger charge is 2.41. The topological polar surface area (TPSA) is 84.0 Å². The highest BCUT2D eigenvalue weighted by Crippen LogP contribution is 2.24. The van der Waals surface area contributed by atoms with Crippen LogP contribution in [-0.4, -0.2) is 53.2 Å². The standard InChI is InChI=1S/C21H19ClN2O5/c1-13(24-19(26)16-8-3-4-9-17(16)20(24)27)21(28)29-12-18(25)23(2)11-14-6-5-7-15(22)10-14/h3-10,13H,11-12H2,1-2H3/t13-/m1/s1. The van der Waals surface area contributed by atoms with E-state index in [2.05, 4.69) is 0 Å². The van der Waals surface area contributed by atoms with Crippen LogP contribution in [0.5, 0.6) is 0 Å². The van der Waals surface area contributed by atoms with Gasteiger partial charge in [0, 0.05) is 18.6 Å². The summed E-state index contributed by atoms with van der Waals surface area (Å²) in [4.78, 5) is 51.7. The molecule has 0 aromatic heterocycles. The van der Waals surface area contributed by atoms with Crippen LogP contribution in [0.1, 0.15) is 33.2 Å². The van der Waals surface area contributed by atoms with Gasteiger partial charge in [-0.25, -0.2) is 4.79 Å². The van der Waals surface area contributed by atoms with Crippen molar-refractivity contribution in [2.45, 2.75) is 19.5 Å². The minimum Gasteiger partial charge on any atom is -0.454 e. The summed E-state index contributed by atoms with van der Waals surface area (Å²) in [7, 11) is 1.57. The van der Waals surface area contributed by atoms with E-state index < -0.39 is 36.3 Å². The number of nitrogens with zero attached hydrogens (tertiary/aromatic N) is 2. The van der Waals surface area contributed by atoms with Gasteiger partial charge in [-0.2, -0.15) is 0 Å². The van der Waals surface area contributed by atoms with Gasteiger partial charge in [0.1, 0.15) is 6.04 Å². The molecule has 2 aromatic carbocycles. The average Bonchev–Trinajstić information content (AvgIpc) is 2.96. The maximum absolute atomic E-state index is 12.4. The lowest BCUT2D eigenvalue weighted by Gasteiger charge is -2.22. The van der Waals surface area contributed by atoms with E-state index in [0.29, 0.717) is 11.6 Å². The molecule has 0 saturated carbocycles. The predicted octanol–water partition coefficient (Wildman–Crippen LogP) is 2.53. The fourth-order valence-electron chi connectivity index (χ4n) is 3.03. The van der Waals surface area contributed by atoms with Crippen LogP contribution in [0.4, 0.5) is 0 Å². The molecule has 29 heavy (non-hydrogen) atoms. The minimum absolute atomic E-state index is 0.245. The summed E-state index contributed by atoms with van der Waals surface area (Å²) < 4.78 is 5.05. The van der Waals surface area contributed by atoms with Gasteiger partial charge in [0.2, 0.25) is 0 Å². The molecule has 2 aromatic rings. The van der Waals surface area contributed by atoms with Crippen molar-refractivity contribution in [2.24, 2.45) is 0 Å². The third-order valence-corrected chi connectivity index (χ3v) is 4.86. The highest BCUT2D eigenvalue weighted by molar-refractivity contribution is 6.30. The molecule has 1 atom stereocenters. The van der Waals surface area contributed by atoms with E-state index in [1.807, 2.05) is 6.07 Å². The molecule has 0 radical (unpaired) electrons. The summed E-state index contributed by atoms with van der Waals surface area (Å²) in [5.74, 6) is -2.36. The summed E-state index contributed by atoms with van der Waals surface area (Å²) in [6, 6.07) is 12.3. The van der Waals surface area contributed by atoms with Crippen LogP contribution in [0.25, 0.3) is 0 Å². The SMILES string of the molecule is C[C@H](C(=O)OCC(=O)N(C)Cc1cccc(Cl)c1)N1C(=O)c2ccccc2C1=O. The molecule has 0 unspecified atom stereocenters. The second kappa shape index (κ2) is 8.45. The number of likely N-dealkylation sites (N-methyl/N-ethyl adjacent to an activating group) is 1. The number of halogens is 1. The molecule has 7 nitrogen and oxygen atoms in total. The lowest BCUT2D eigenvalue weighted by Crippen LogP contribution is -2.44. The van der Waals surface area contributed by atoms with Crippen molar-refractivity contribution in [2.75, 3.05) is 13.7 Å². The van der Waals surface area contributed by atoms with Gasteiger partial charge >= 0.3 is 5.97 Å². The lowest BCUT2D eigenvalue weighted by molar-refractivity contribution is -0.154. The quantitative estimate of drug-likeness (QED) is 0.535. The Kier molecular flexibility index (Phi) is 5.98. The summed E-state index contributed by atoms with van der Waals surface area (Å²) in [5, 5.41) is 0.560. The van der Waals surface area contributed by atoms with Crippen molar-refractivity contribution in [1.29, 1.82) is 0 Å². The number of hydrogen-bond donors (Lipinski definition) is 0. The van der Waals surface area contributed by atoms with Crippen LogP contribution in [0.3, 0.4) is 0 Å². The third kappa shape index (κ3) is 4.30. The number of esters is 1. The normalized spacial score (nSPS) is 13.8. The Labute approximate surface area is 172 Å². The second-order valence-electron chi connectivity index (χ2n) is 6.69. The molecule has 0 N–H and O–H groups in total. The summed E-state index contributed by atoms with van der Waals surface area (Å²) in [6.45, 7) is 1.19. The third-order valence-electron chi connectivity index (χ3n) is 4.63. The largest absolute Gasteiger partial charge is 0.454 e. The molecule has 1 aliphatic rings. The molecule has 150 valence electrons. The zero-order chi connectivity index (χ0) is 21.1. The molecule has 0 bridgehead atoms. The monoisotopic (exact) mass is 414 g/mol. The van der Waals surface area contributed by atoms with Gasteiger partial charge in [0.05, 0.1) is 11.1 Å². The van der Waals surface area contributed by atoms with Gasteiger partial charge in [-0.1, -0.05) is 35.9 Å². The van der Waals surface area contributed by atoms with Crippen molar-refractivity contribution >= 4 is 35.3 Å². The zero-order valence-electron chi connectivity index (χ0n) is 15.9. The Morgan fingerprint density at radius 2 is 1.69 bits per heavy atom. The van der Waals surface area contributed by atoms with E-state index in [9.17, 15) is 19.2 Å². The van der Waals surface area contributed by atoms with Crippen LogP contribution < -0.4 is 0 Å². The minimum atomic E-state index is -1.14. The van der Waals surface area contributed by atoms with Crippen LogP contribution in [-0.2, 0) is 20.9 Å². The van der Waals surface area contributed by atoms with Crippen LogP contribution >= 0.6 is 11.6 Å². The van der Waals surface area contributed by atoms with E-state index >= 15 is 0 Å². The van der Waals surface area contributed by atoms with Gasteiger partial charge in [0.25, 0.3) is 17.7 Å². The Balaban J connectivity index is 1.57. The maximum Gasteiger partial charge on any atom is 0.329 e. The molecule has 3 amide bonds. The number of carbonyl (C=O) groups excluding carboxylic acids is 4. The molecule has 0 fully saturated rings. The first kappa shape index (κ1) is 20.5. The molecule has 0 saturated heterocycles. The molecule has 0 aliphatic carbocycles. The van der Waals surface area contributed by atoms with Crippen LogP contribution in [0.15, 0.2) is 48.5 Å². The first-order valence-corrected chi connectivity index (χ1v) is 9.29. The molecule has 1 heterocycles. The van der Waals surface area contributed by atoms with E-state index in [1.54, 1.807) is 37.4 Å². The number of rotatable bonds is 6. The van der Waals surface area contributed by atoms with Crippen LogP contribution in [0, 0.1) is 0 Å². The maximum atomic E-state index is 12.4. The van der Waals surface area contributed by atoms with Crippen molar-refractivity contribution in [3.63, 3.8) is 0 Å². The fourth-order valence-corrected chi connectivity index (χ4v) is 3.24. The molecule has 8 heteroatoms. The first-order valence-electron chi connectivity index (χ1n) is 8.91. The fraction of sp³-hybridized carbons (Fsp3) is 0.238. The molecular formula is C21H19ClN2O5. The summed E-state index contributed by atoms with van der Waals surface area (Å²) >= 11 is 5.93. The number of amides is 3. The van der Waals surface area contributed by atoms with E-state index in [4.69, 9.17) is 16.3 Å². The number of fused-ring (bicyclic) bond motifs is 1. The van der Waals surface area contributed by atoms with Gasteiger partial charge in [0.15, 0.2) is 6.61 Å². The van der Waals surface area contributed by atoms with Crippen molar-refractivity contribution in [3.8, 4) is 0 Å². The van der Waals surface area contributed by atoms with E-state index in [-0.39, 0.29) is 11.1 Å². The Hall–Kier alpha value is -3.19. The Bertz CT molecular complexity index is 956. The van der Waals surface area contributed by atoms with Crippen molar-refractivity contribution < 1.29 is 23.9 Å². The highest BCUT2D eigenvalue weighted by atomic mass is 35.5. The zero-order valence-corrected chi connectivity index (χ0v) is 16.7. The lowest BCUT2D eigenvalue weighted by atomic mass is 10.1. The number of ether oxygens (including phenoxy) is 1. The number of imide groups is 1. The summed E-state index contributed by atoms with van der Waals surface area (Å²) in [5.41, 5.74) is 1.32. The summed E-state index contributed by atoms with van der Waals surface area (Å²) in [6.07, 6.45) is 0. The molecule has 3 rings (SSSR count). The van der Waals surface area contributed by atoms with Gasteiger partial charge in [-0.15, -0.1) is 0 Å². The molecule has 1 aliphatic heterocycles. The van der Waals surface area contributed by atoms with E-state index in [1.165, 1.54) is 24.0 Å². The van der Waals surface area contributed by atoms with Gasteiger partial charge in [-0.3, -0.25) is 19.3 Å². The van der Waals surface area contributed by atoms with Crippen molar-refractivity contribution in [3.05, 3.63) is 70.2 Å². The Morgan fingerprint density at radius 3 is 2.28 bits per heavy atom. The molecule has 0 spiro atoms. The Morgan fingerprint density at radius 1 is 1.07 bits per heavy atom.